The number of hydrogen-bond acceptors (Lipinski definition) is 2. The van der Waals surface area contributed by atoms with Crippen molar-refractivity contribution >= 4 is 24.3 Å². The molecule has 20 heavy (non-hydrogen) atoms. The number of hydrogen-bond donors (Lipinski definition) is 3. The Morgan fingerprint density at radius 1 is 1.30 bits per heavy atom. The molecule has 2 aliphatic rings. The zero-order valence-corrected chi connectivity index (χ0v) is 12.7. The van der Waals surface area contributed by atoms with Crippen LogP contribution in [0.2, 0.25) is 0 Å². The van der Waals surface area contributed by atoms with Crippen LogP contribution in [0, 0.1) is 17.8 Å². The third-order valence-corrected chi connectivity index (χ3v) is 5.34. The van der Waals surface area contributed by atoms with Crippen molar-refractivity contribution in [1.29, 1.82) is 0 Å². The molecule has 0 aromatic heterocycles. The number of nitrogens with one attached hydrogen (secondary N) is 2. The number of carbonyl (C=O) groups is 1. The number of carbonyl (C=O) groups excluding carboxylic acids is 1. The SMILES string of the molecule is CC(NC(=O)Nc1ccccc1S)C1CC2CCC1C2. The minimum Gasteiger partial charge on any atom is -0.335 e. The van der Waals surface area contributed by atoms with Crippen molar-refractivity contribution < 1.29 is 4.79 Å². The molecule has 2 N–H and O–H groups in total. The highest BCUT2D eigenvalue weighted by Gasteiger charge is 2.42. The Morgan fingerprint density at radius 2 is 2.10 bits per heavy atom. The molecule has 2 bridgehead atoms. The first-order chi connectivity index (χ1) is 9.63. The van der Waals surface area contributed by atoms with Crippen LogP contribution in [0.25, 0.3) is 0 Å². The lowest BCUT2D eigenvalue weighted by Gasteiger charge is -2.28. The first kappa shape index (κ1) is 13.8. The van der Waals surface area contributed by atoms with Crippen LogP contribution in [0.15, 0.2) is 29.2 Å². The summed E-state index contributed by atoms with van der Waals surface area (Å²) in [6, 6.07) is 7.67. The lowest BCUT2D eigenvalue weighted by atomic mass is 9.84. The summed E-state index contributed by atoms with van der Waals surface area (Å²) >= 11 is 4.34. The Balaban J connectivity index is 1.55. The summed E-state index contributed by atoms with van der Waals surface area (Å²) in [5.41, 5.74) is 0.758. The smallest absolute Gasteiger partial charge is 0.319 e. The van der Waals surface area contributed by atoms with Gasteiger partial charge >= 0.3 is 6.03 Å². The van der Waals surface area contributed by atoms with E-state index in [2.05, 4.69) is 30.2 Å². The molecule has 4 atom stereocenters. The maximum atomic E-state index is 12.1. The molecule has 3 rings (SSSR count). The molecule has 1 aromatic rings. The van der Waals surface area contributed by atoms with E-state index >= 15 is 0 Å². The average molecular weight is 290 g/mol. The van der Waals surface area contributed by atoms with Crippen LogP contribution in [-0.2, 0) is 0 Å². The van der Waals surface area contributed by atoms with Gasteiger partial charge in [-0.25, -0.2) is 4.79 Å². The molecule has 0 aliphatic heterocycles. The van der Waals surface area contributed by atoms with E-state index in [-0.39, 0.29) is 12.1 Å². The summed E-state index contributed by atoms with van der Waals surface area (Å²) in [6.07, 6.45) is 5.41. The number of rotatable bonds is 3. The fraction of sp³-hybridized carbons (Fsp3) is 0.562. The fourth-order valence-corrected chi connectivity index (χ4v) is 4.17. The zero-order valence-electron chi connectivity index (χ0n) is 11.8. The number of para-hydroxylation sites is 1. The van der Waals surface area contributed by atoms with E-state index in [0.29, 0.717) is 5.92 Å². The van der Waals surface area contributed by atoms with Gasteiger partial charge in [0.15, 0.2) is 0 Å². The standard InChI is InChI=1S/C16H22N2OS/c1-10(13-9-11-6-7-12(13)8-11)17-16(19)18-14-4-2-3-5-15(14)20/h2-5,10-13,20H,6-9H2,1H3,(H2,17,18,19). The number of urea groups is 1. The number of benzene rings is 1. The number of anilines is 1. The zero-order chi connectivity index (χ0) is 14.1. The summed E-state index contributed by atoms with van der Waals surface area (Å²) in [5.74, 6) is 2.40. The Kier molecular flexibility index (Phi) is 3.92. The second-order valence-corrected chi connectivity index (χ2v) is 6.72. The van der Waals surface area contributed by atoms with Crippen LogP contribution in [0.3, 0.4) is 0 Å². The highest BCUT2D eigenvalue weighted by molar-refractivity contribution is 7.80. The van der Waals surface area contributed by atoms with E-state index in [1.807, 2.05) is 24.3 Å². The topological polar surface area (TPSA) is 41.1 Å². The van der Waals surface area contributed by atoms with Crippen molar-refractivity contribution in [2.75, 3.05) is 5.32 Å². The molecule has 0 spiro atoms. The minimum absolute atomic E-state index is 0.123. The van der Waals surface area contributed by atoms with E-state index in [0.717, 1.165) is 22.4 Å². The monoisotopic (exact) mass is 290 g/mol. The van der Waals surface area contributed by atoms with Gasteiger partial charge in [-0.3, -0.25) is 0 Å². The van der Waals surface area contributed by atoms with Crippen LogP contribution in [0.1, 0.15) is 32.6 Å². The van der Waals surface area contributed by atoms with E-state index in [1.54, 1.807) is 0 Å². The predicted octanol–water partition coefficient (Wildman–Crippen LogP) is 3.92. The van der Waals surface area contributed by atoms with E-state index in [4.69, 9.17) is 0 Å². The first-order valence-electron chi connectivity index (χ1n) is 7.49. The molecule has 4 unspecified atom stereocenters. The highest BCUT2D eigenvalue weighted by atomic mass is 32.1. The molecule has 2 amide bonds. The van der Waals surface area contributed by atoms with Crippen molar-refractivity contribution in [2.24, 2.45) is 17.8 Å². The summed E-state index contributed by atoms with van der Waals surface area (Å²) in [6.45, 7) is 2.14. The molecule has 4 heteroatoms. The van der Waals surface area contributed by atoms with Gasteiger partial charge in [0.1, 0.15) is 0 Å². The van der Waals surface area contributed by atoms with Gasteiger partial charge in [0.05, 0.1) is 5.69 Å². The van der Waals surface area contributed by atoms with Gasteiger partial charge in [0.25, 0.3) is 0 Å². The van der Waals surface area contributed by atoms with Crippen LogP contribution >= 0.6 is 12.6 Å². The fourth-order valence-electron chi connectivity index (χ4n) is 3.96. The van der Waals surface area contributed by atoms with E-state index in [9.17, 15) is 4.79 Å². The van der Waals surface area contributed by atoms with Gasteiger partial charge in [-0.15, -0.1) is 12.6 Å². The van der Waals surface area contributed by atoms with E-state index < -0.39 is 0 Å². The molecule has 2 fully saturated rings. The van der Waals surface area contributed by atoms with Crippen molar-refractivity contribution in [1.82, 2.24) is 5.32 Å². The number of fused-ring (bicyclic) bond motifs is 2. The Hall–Kier alpha value is -1.16. The summed E-state index contributed by atoms with van der Waals surface area (Å²) in [7, 11) is 0. The van der Waals surface area contributed by atoms with Crippen molar-refractivity contribution in [3.8, 4) is 0 Å². The summed E-state index contributed by atoms with van der Waals surface area (Å²) in [5, 5.41) is 5.98. The molecule has 3 nitrogen and oxygen atoms in total. The normalized spacial score (nSPS) is 29.2. The first-order valence-corrected chi connectivity index (χ1v) is 7.93. The third kappa shape index (κ3) is 2.80. The van der Waals surface area contributed by atoms with E-state index in [1.165, 1.54) is 25.7 Å². The van der Waals surface area contributed by atoms with Crippen LogP contribution in [0.5, 0.6) is 0 Å². The molecule has 1 aromatic carbocycles. The molecular weight excluding hydrogens is 268 g/mol. The molecule has 2 aliphatic carbocycles. The molecule has 0 radical (unpaired) electrons. The third-order valence-electron chi connectivity index (χ3n) is 4.95. The van der Waals surface area contributed by atoms with Gasteiger partial charge in [-0.2, -0.15) is 0 Å². The molecule has 0 saturated heterocycles. The maximum absolute atomic E-state index is 12.1. The van der Waals surface area contributed by atoms with Crippen LogP contribution in [-0.4, -0.2) is 12.1 Å². The Labute approximate surface area is 125 Å². The largest absolute Gasteiger partial charge is 0.335 e. The van der Waals surface area contributed by atoms with Gasteiger partial charge in [0.2, 0.25) is 0 Å². The van der Waals surface area contributed by atoms with Gasteiger partial charge in [-0.1, -0.05) is 18.6 Å². The van der Waals surface area contributed by atoms with Crippen LogP contribution in [0.4, 0.5) is 10.5 Å². The maximum Gasteiger partial charge on any atom is 0.319 e. The van der Waals surface area contributed by atoms with Crippen molar-refractivity contribution in [2.45, 2.75) is 43.5 Å². The number of amides is 2. The lowest BCUT2D eigenvalue weighted by Crippen LogP contribution is -2.42. The van der Waals surface area contributed by atoms with Crippen molar-refractivity contribution in [3.05, 3.63) is 24.3 Å². The van der Waals surface area contributed by atoms with Crippen LogP contribution < -0.4 is 10.6 Å². The van der Waals surface area contributed by atoms with Gasteiger partial charge < -0.3 is 10.6 Å². The molecule has 108 valence electrons. The van der Waals surface area contributed by atoms with Crippen molar-refractivity contribution in [3.63, 3.8) is 0 Å². The highest BCUT2D eigenvalue weighted by Crippen LogP contribution is 2.49. The summed E-state index contributed by atoms with van der Waals surface area (Å²) in [4.78, 5) is 12.9. The van der Waals surface area contributed by atoms with Gasteiger partial charge in [-0.05, 0) is 56.1 Å². The molecule has 0 heterocycles. The lowest BCUT2D eigenvalue weighted by molar-refractivity contribution is 0.230. The van der Waals surface area contributed by atoms with Gasteiger partial charge in [0, 0.05) is 10.9 Å². The summed E-state index contributed by atoms with van der Waals surface area (Å²) < 4.78 is 0. The molecular formula is C16H22N2OS. The second kappa shape index (κ2) is 5.68. The molecule has 2 saturated carbocycles. The minimum atomic E-state index is -0.123. The quantitative estimate of drug-likeness (QED) is 0.726. The number of thiol groups is 1. The predicted molar refractivity (Wildman–Crippen MR) is 84.2 cm³/mol. The average Bonchev–Trinajstić information content (AvgIpc) is 3.03. The Morgan fingerprint density at radius 3 is 2.75 bits per heavy atom. The Bertz CT molecular complexity index is 505. The second-order valence-electron chi connectivity index (χ2n) is 6.24.